The highest BCUT2D eigenvalue weighted by molar-refractivity contribution is 6.30. The number of fused-ring (bicyclic) bond motifs is 1. The Bertz CT molecular complexity index is 887. The van der Waals surface area contributed by atoms with Crippen molar-refractivity contribution in [1.29, 1.82) is 0 Å². The van der Waals surface area contributed by atoms with E-state index >= 15 is 0 Å². The summed E-state index contributed by atoms with van der Waals surface area (Å²) < 4.78 is 11.2. The zero-order valence-electron chi connectivity index (χ0n) is 14.1. The minimum Gasteiger partial charge on any atom is -0.507 e. The van der Waals surface area contributed by atoms with Crippen molar-refractivity contribution in [3.8, 4) is 11.5 Å². The summed E-state index contributed by atoms with van der Waals surface area (Å²) in [5.41, 5.74) is 1.89. The minimum atomic E-state index is -0.191. The quantitative estimate of drug-likeness (QED) is 0.837. The average Bonchev–Trinajstić information content (AvgIpc) is 2.95. The highest BCUT2D eigenvalue weighted by Crippen LogP contribution is 2.40. The Morgan fingerprint density at radius 1 is 1.19 bits per heavy atom. The summed E-state index contributed by atoms with van der Waals surface area (Å²) in [6.45, 7) is 3.39. The van der Waals surface area contributed by atoms with E-state index in [4.69, 9.17) is 21.1 Å². The molecule has 0 radical (unpaired) electrons. The Kier molecular flexibility index (Phi) is 4.68. The molecule has 6 heteroatoms. The lowest BCUT2D eigenvalue weighted by Gasteiger charge is -2.27. The minimum absolute atomic E-state index is 0.132. The molecule has 0 aliphatic carbocycles. The van der Waals surface area contributed by atoms with Gasteiger partial charge in [0.15, 0.2) is 5.76 Å². The molecule has 1 saturated heterocycles. The molecule has 1 N–H and O–H groups in total. The van der Waals surface area contributed by atoms with Crippen LogP contribution in [0, 0.1) is 0 Å². The topological polar surface area (TPSA) is 59.0 Å². The molecule has 2 aliphatic rings. The summed E-state index contributed by atoms with van der Waals surface area (Å²) in [6, 6.07) is 10.4. The third-order valence-corrected chi connectivity index (χ3v) is 4.78. The molecule has 2 aromatic carbocycles. The van der Waals surface area contributed by atoms with E-state index in [0.29, 0.717) is 41.7 Å². The Morgan fingerprint density at radius 3 is 2.77 bits per heavy atom. The molecule has 26 heavy (non-hydrogen) atoms. The maximum absolute atomic E-state index is 12.7. The van der Waals surface area contributed by atoms with E-state index in [2.05, 4.69) is 4.90 Å². The van der Waals surface area contributed by atoms with Crippen LogP contribution in [0.4, 0.5) is 0 Å². The molecule has 0 saturated carbocycles. The molecule has 4 rings (SSSR count). The highest BCUT2D eigenvalue weighted by Gasteiger charge is 2.31. The first-order chi connectivity index (χ1) is 12.6. The van der Waals surface area contributed by atoms with Gasteiger partial charge in [0.05, 0.1) is 24.3 Å². The second-order valence-electron chi connectivity index (χ2n) is 6.32. The summed E-state index contributed by atoms with van der Waals surface area (Å²) in [5, 5.41) is 10.9. The summed E-state index contributed by atoms with van der Waals surface area (Å²) in [4.78, 5) is 14.9. The van der Waals surface area contributed by atoms with Gasteiger partial charge < -0.3 is 14.6 Å². The van der Waals surface area contributed by atoms with Crippen LogP contribution in [0.5, 0.6) is 11.5 Å². The molecule has 1 fully saturated rings. The zero-order valence-corrected chi connectivity index (χ0v) is 14.8. The van der Waals surface area contributed by atoms with Crippen LogP contribution >= 0.6 is 11.6 Å². The number of hydrogen-bond acceptors (Lipinski definition) is 5. The number of nitrogens with zero attached hydrogens (tertiary/aromatic N) is 1. The van der Waals surface area contributed by atoms with E-state index in [1.54, 1.807) is 30.3 Å². The zero-order chi connectivity index (χ0) is 18.1. The molecule has 0 amide bonds. The normalized spacial score (nSPS) is 18.8. The predicted octanol–water partition coefficient (Wildman–Crippen LogP) is 3.49. The van der Waals surface area contributed by atoms with Gasteiger partial charge in [-0.1, -0.05) is 23.7 Å². The van der Waals surface area contributed by atoms with E-state index < -0.39 is 0 Å². The molecular formula is C20H18ClNO4. The largest absolute Gasteiger partial charge is 0.507 e. The van der Waals surface area contributed by atoms with E-state index in [0.717, 1.165) is 18.7 Å². The standard InChI is InChI=1S/C20H18ClNO4/c21-14-3-1-2-13(10-14)11-18-19(24)15-4-5-17(23)16(20(15)26-18)12-22-6-8-25-9-7-22/h1-5,10-11,23H,6-9,12H2. The molecular weight excluding hydrogens is 354 g/mol. The smallest absolute Gasteiger partial charge is 0.231 e. The second kappa shape index (κ2) is 7.11. The van der Waals surface area contributed by atoms with Gasteiger partial charge in [0.1, 0.15) is 11.5 Å². The molecule has 2 aromatic rings. The number of carbonyl (C=O) groups excluding carboxylic acids is 1. The Balaban J connectivity index is 1.66. The number of morpholine rings is 1. The highest BCUT2D eigenvalue weighted by atomic mass is 35.5. The van der Waals surface area contributed by atoms with E-state index in [1.807, 2.05) is 12.1 Å². The summed E-state index contributed by atoms with van der Waals surface area (Å²) in [5.74, 6) is 0.612. The van der Waals surface area contributed by atoms with Gasteiger partial charge in [-0.05, 0) is 35.9 Å². The third-order valence-electron chi connectivity index (χ3n) is 4.55. The maximum atomic E-state index is 12.7. The number of phenols is 1. The van der Waals surface area contributed by atoms with Gasteiger partial charge in [-0.25, -0.2) is 0 Å². The van der Waals surface area contributed by atoms with Gasteiger partial charge in [0.2, 0.25) is 5.78 Å². The van der Waals surface area contributed by atoms with Crippen LogP contribution in [0.2, 0.25) is 5.02 Å². The summed E-state index contributed by atoms with van der Waals surface area (Å²) in [6.07, 6.45) is 1.67. The van der Waals surface area contributed by atoms with Crippen LogP contribution in [0.1, 0.15) is 21.5 Å². The van der Waals surface area contributed by atoms with E-state index in [9.17, 15) is 9.90 Å². The van der Waals surface area contributed by atoms with E-state index in [-0.39, 0.29) is 17.3 Å². The molecule has 5 nitrogen and oxygen atoms in total. The fourth-order valence-corrected chi connectivity index (χ4v) is 3.38. The van der Waals surface area contributed by atoms with Crippen molar-refractivity contribution in [2.24, 2.45) is 0 Å². The average molecular weight is 372 g/mol. The molecule has 134 valence electrons. The molecule has 0 aromatic heterocycles. The first kappa shape index (κ1) is 17.1. The van der Waals surface area contributed by atoms with Gasteiger partial charge in [-0.15, -0.1) is 0 Å². The number of phenolic OH excluding ortho intramolecular Hbond substituents is 1. The predicted molar refractivity (Wildman–Crippen MR) is 98.6 cm³/mol. The Morgan fingerprint density at radius 2 is 2.00 bits per heavy atom. The number of ether oxygens (including phenoxy) is 2. The fourth-order valence-electron chi connectivity index (χ4n) is 3.18. The van der Waals surface area contributed by atoms with Crippen LogP contribution in [0.25, 0.3) is 6.08 Å². The molecule has 2 aliphatic heterocycles. The van der Waals surface area contributed by atoms with Crippen molar-refractivity contribution in [1.82, 2.24) is 4.90 Å². The van der Waals surface area contributed by atoms with Crippen molar-refractivity contribution in [3.05, 3.63) is 63.9 Å². The van der Waals surface area contributed by atoms with Crippen LogP contribution in [0.3, 0.4) is 0 Å². The number of ketones is 1. The number of aromatic hydroxyl groups is 1. The van der Waals surface area contributed by atoms with Gasteiger partial charge in [0.25, 0.3) is 0 Å². The number of allylic oxidation sites excluding steroid dienone is 1. The summed E-state index contributed by atoms with van der Waals surface area (Å²) in [7, 11) is 0. The number of Topliss-reactive ketones (excluding diaryl/α,β-unsaturated/α-hetero) is 1. The van der Waals surface area contributed by atoms with Crippen molar-refractivity contribution >= 4 is 23.5 Å². The Labute approximate surface area is 156 Å². The van der Waals surface area contributed by atoms with Gasteiger partial charge in [-0.3, -0.25) is 9.69 Å². The lowest BCUT2D eigenvalue weighted by Crippen LogP contribution is -2.35. The molecule has 0 bridgehead atoms. The summed E-state index contributed by atoms with van der Waals surface area (Å²) >= 11 is 6.01. The van der Waals surface area contributed by atoms with Crippen LogP contribution in [-0.2, 0) is 11.3 Å². The number of benzene rings is 2. The fraction of sp³-hybridized carbons (Fsp3) is 0.250. The van der Waals surface area contributed by atoms with E-state index in [1.165, 1.54) is 0 Å². The monoisotopic (exact) mass is 371 g/mol. The molecule has 0 atom stereocenters. The van der Waals surface area contributed by atoms with Gasteiger partial charge in [-0.2, -0.15) is 0 Å². The van der Waals surface area contributed by atoms with Crippen molar-refractivity contribution in [2.75, 3.05) is 26.3 Å². The molecule has 0 unspecified atom stereocenters. The van der Waals surface area contributed by atoms with Gasteiger partial charge in [0, 0.05) is 24.7 Å². The number of rotatable bonds is 3. The van der Waals surface area contributed by atoms with Crippen LogP contribution in [-0.4, -0.2) is 42.1 Å². The number of carbonyl (C=O) groups is 1. The van der Waals surface area contributed by atoms with Crippen LogP contribution < -0.4 is 4.74 Å². The van der Waals surface area contributed by atoms with Crippen molar-refractivity contribution < 1.29 is 19.4 Å². The second-order valence-corrected chi connectivity index (χ2v) is 6.76. The van der Waals surface area contributed by atoms with Gasteiger partial charge >= 0.3 is 0 Å². The lowest BCUT2D eigenvalue weighted by atomic mass is 10.0. The SMILES string of the molecule is O=C1C(=Cc2cccc(Cl)c2)Oc2c1ccc(O)c2CN1CCOCC1. The third kappa shape index (κ3) is 3.33. The molecule has 2 heterocycles. The maximum Gasteiger partial charge on any atom is 0.231 e. The Hall–Kier alpha value is -2.34. The van der Waals surface area contributed by atoms with Crippen molar-refractivity contribution in [3.63, 3.8) is 0 Å². The lowest BCUT2D eigenvalue weighted by molar-refractivity contribution is 0.0336. The first-order valence-electron chi connectivity index (χ1n) is 8.46. The first-order valence-corrected chi connectivity index (χ1v) is 8.84. The molecule has 0 spiro atoms. The van der Waals surface area contributed by atoms with Crippen molar-refractivity contribution in [2.45, 2.75) is 6.54 Å². The number of halogens is 1. The number of hydrogen-bond donors (Lipinski definition) is 1. The van der Waals surface area contributed by atoms with Crippen LogP contribution in [0.15, 0.2) is 42.2 Å².